The van der Waals surface area contributed by atoms with Crippen molar-refractivity contribution < 1.29 is 0 Å². The molecule has 11 heavy (non-hydrogen) atoms. The summed E-state index contributed by atoms with van der Waals surface area (Å²) in [5.41, 5.74) is 0. The van der Waals surface area contributed by atoms with Gasteiger partial charge in [0.25, 0.3) is 0 Å². The lowest BCUT2D eigenvalue weighted by atomic mass is 9.87. The van der Waals surface area contributed by atoms with Crippen LogP contribution in [0.25, 0.3) is 0 Å². The topological polar surface area (TPSA) is 3.24 Å². The molecule has 1 saturated heterocycles. The average molecular weight is 155 g/mol. The molecule has 0 aromatic rings. The Hall–Kier alpha value is -0.0400. The second kappa shape index (κ2) is 4.10. The third kappa shape index (κ3) is 2.48. The van der Waals surface area contributed by atoms with Crippen LogP contribution in [0.4, 0.5) is 0 Å². The maximum atomic E-state index is 2.55. The van der Waals surface area contributed by atoms with Crippen LogP contribution in [0.2, 0.25) is 0 Å². The number of rotatable bonds is 2. The largest absolute Gasteiger partial charge is 0.304 e. The van der Waals surface area contributed by atoms with Gasteiger partial charge in [-0.1, -0.05) is 20.8 Å². The number of hydrogen-bond donors (Lipinski definition) is 0. The van der Waals surface area contributed by atoms with E-state index in [-0.39, 0.29) is 0 Å². The molecule has 0 radical (unpaired) electrons. The van der Waals surface area contributed by atoms with Crippen molar-refractivity contribution in [2.24, 2.45) is 11.8 Å². The Kier molecular flexibility index (Phi) is 3.38. The molecule has 0 bridgehead atoms. The quantitative estimate of drug-likeness (QED) is 0.592. The highest BCUT2D eigenvalue weighted by Crippen LogP contribution is 2.23. The van der Waals surface area contributed by atoms with Gasteiger partial charge in [-0.15, -0.1) is 0 Å². The molecule has 1 nitrogen and oxygen atoms in total. The first kappa shape index (κ1) is 9.05. The van der Waals surface area contributed by atoms with Crippen LogP contribution < -0.4 is 0 Å². The van der Waals surface area contributed by atoms with Crippen molar-refractivity contribution in [3.05, 3.63) is 0 Å². The summed E-state index contributed by atoms with van der Waals surface area (Å²) in [6, 6.07) is 0. The molecule has 1 rings (SSSR count). The van der Waals surface area contributed by atoms with E-state index in [1.165, 1.54) is 32.5 Å². The maximum absolute atomic E-state index is 2.55. The zero-order valence-corrected chi connectivity index (χ0v) is 8.14. The number of likely N-dealkylation sites (tertiary alicyclic amines) is 1. The van der Waals surface area contributed by atoms with Crippen LogP contribution in [0.5, 0.6) is 0 Å². The Bertz CT molecular complexity index is 101. The zero-order chi connectivity index (χ0) is 8.27. The Balaban J connectivity index is 2.24. The first-order chi connectivity index (χ1) is 5.24. The van der Waals surface area contributed by atoms with E-state index >= 15 is 0 Å². The van der Waals surface area contributed by atoms with Gasteiger partial charge in [-0.25, -0.2) is 0 Å². The molecule has 1 aliphatic heterocycles. The summed E-state index contributed by atoms with van der Waals surface area (Å²) in [6.07, 6.45) is 2.84. The smallest absolute Gasteiger partial charge is 0.00161 e. The predicted molar refractivity (Wildman–Crippen MR) is 49.7 cm³/mol. The average Bonchev–Trinajstić information content (AvgIpc) is 2.05. The van der Waals surface area contributed by atoms with Crippen molar-refractivity contribution in [3.8, 4) is 0 Å². The third-order valence-corrected chi connectivity index (χ3v) is 3.02. The Labute approximate surface area is 70.8 Å². The van der Waals surface area contributed by atoms with E-state index in [4.69, 9.17) is 0 Å². The summed E-state index contributed by atoms with van der Waals surface area (Å²) in [6.45, 7) is 10.9. The van der Waals surface area contributed by atoms with E-state index < -0.39 is 0 Å². The Morgan fingerprint density at radius 2 is 1.82 bits per heavy atom. The molecule has 0 aromatic carbocycles. The molecule has 0 aromatic heterocycles. The van der Waals surface area contributed by atoms with Gasteiger partial charge in [-0.3, -0.25) is 0 Å². The lowest BCUT2D eigenvalue weighted by Gasteiger charge is -2.32. The van der Waals surface area contributed by atoms with Gasteiger partial charge >= 0.3 is 0 Å². The molecule has 0 atom stereocenters. The predicted octanol–water partition coefficient (Wildman–Crippen LogP) is 2.37. The Morgan fingerprint density at radius 3 is 2.18 bits per heavy atom. The van der Waals surface area contributed by atoms with Crippen LogP contribution in [0.15, 0.2) is 0 Å². The summed E-state index contributed by atoms with van der Waals surface area (Å²) in [4.78, 5) is 2.55. The second-order valence-corrected chi connectivity index (χ2v) is 4.02. The lowest BCUT2D eigenvalue weighted by molar-refractivity contribution is 0.164. The zero-order valence-electron chi connectivity index (χ0n) is 8.14. The summed E-state index contributed by atoms with van der Waals surface area (Å²) in [7, 11) is 0. The highest BCUT2D eigenvalue weighted by Gasteiger charge is 2.19. The molecular weight excluding hydrogens is 134 g/mol. The van der Waals surface area contributed by atoms with E-state index in [2.05, 4.69) is 25.7 Å². The molecule has 1 fully saturated rings. The second-order valence-electron chi connectivity index (χ2n) is 4.02. The minimum Gasteiger partial charge on any atom is -0.304 e. The van der Waals surface area contributed by atoms with E-state index in [1.807, 2.05) is 0 Å². The highest BCUT2D eigenvalue weighted by molar-refractivity contribution is 4.73. The van der Waals surface area contributed by atoms with E-state index in [1.54, 1.807) is 0 Å². The van der Waals surface area contributed by atoms with Crippen molar-refractivity contribution in [1.29, 1.82) is 0 Å². The van der Waals surface area contributed by atoms with Crippen LogP contribution in [0.1, 0.15) is 33.6 Å². The standard InChI is InChI=1S/C10H21N/c1-4-11-7-5-10(6-8-11)9(2)3/h9-10H,4-8H2,1-3H3. The molecule has 1 heteroatoms. The van der Waals surface area contributed by atoms with Crippen molar-refractivity contribution in [1.82, 2.24) is 4.90 Å². The van der Waals surface area contributed by atoms with E-state index in [9.17, 15) is 0 Å². The first-order valence-electron chi connectivity index (χ1n) is 4.96. The number of hydrogen-bond acceptors (Lipinski definition) is 1. The lowest BCUT2D eigenvalue weighted by Crippen LogP contribution is -2.34. The highest BCUT2D eigenvalue weighted by atomic mass is 15.1. The SMILES string of the molecule is CCN1CCC(C(C)C)CC1. The molecule has 1 aliphatic rings. The van der Waals surface area contributed by atoms with Crippen LogP contribution in [0.3, 0.4) is 0 Å². The fraction of sp³-hybridized carbons (Fsp3) is 1.00. The fourth-order valence-electron chi connectivity index (χ4n) is 1.94. The molecule has 0 amide bonds. The fourth-order valence-corrected chi connectivity index (χ4v) is 1.94. The maximum Gasteiger partial charge on any atom is -0.00161 e. The van der Waals surface area contributed by atoms with Gasteiger partial charge in [-0.05, 0) is 44.3 Å². The van der Waals surface area contributed by atoms with Gasteiger partial charge in [0.15, 0.2) is 0 Å². The molecule has 0 aliphatic carbocycles. The Morgan fingerprint density at radius 1 is 1.27 bits per heavy atom. The minimum absolute atomic E-state index is 0.897. The van der Waals surface area contributed by atoms with Gasteiger partial charge in [0.2, 0.25) is 0 Å². The van der Waals surface area contributed by atoms with E-state index in [0.717, 1.165) is 11.8 Å². The van der Waals surface area contributed by atoms with Gasteiger partial charge in [0.05, 0.1) is 0 Å². The third-order valence-electron chi connectivity index (χ3n) is 3.02. The monoisotopic (exact) mass is 155 g/mol. The minimum atomic E-state index is 0.897. The van der Waals surface area contributed by atoms with Crippen LogP contribution in [-0.2, 0) is 0 Å². The van der Waals surface area contributed by atoms with Crippen molar-refractivity contribution in [2.45, 2.75) is 33.6 Å². The molecule has 0 N–H and O–H groups in total. The van der Waals surface area contributed by atoms with Crippen molar-refractivity contribution in [2.75, 3.05) is 19.6 Å². The number of piperidine rings is 1. The van der Waals surface area contributed by atoms with Crippen molar-refractivity contribution in [3.63, 3.8) is 0 Å². The summed E-state index contributed by atoms with van der Waals surface area (Å²) in [5, 5.41) is 0. The van der Waals surface area contributed by atoms with Crippen LogP contribution >= 0.6 is 0 Å². The molecule has 0 spiro atoms. The van der Waals surface area contributed by atoms with Gasteiger partial charge in [0.1, 0.15) is 0 Å². The van der Waals surface area contributed by atoms with Gasteiger partial charge < -0.3 is 4.90 Å². The van der Waals surface area contributed by atoms with Crippen LogP contribution in [-0.4, -0.2) is 24.5 Å². The van der Waals surface area contributed by atoms with Gasteiger partial charge in [0, 0.05) is 0 Å². The first-order valence-corrected chi connectivity index (χ1v) is 4.96. The number of nitrogens with zero attached hydrogens (tertiary/aromatic N) is 1. The molecule has 0 unspecified atom stereocenters. The normalized spacial score (nSPS) is 22.9. The molecule has 1 heterocycles. The van der Waals surface area contributed by atoms with Gasteiger partial charge in [-0.2, -0.15) is 0 Å². The summed E-state index contributed by atoms with van der Waals surface area (Å²) < 4.78 is 0. The molecule has 66 valence electrons. The van der Waals surface area contributed by atoms with E-state index in [0.29, 0.717) is 0 Å². The molecular formula is C10H21N. The summed E-state index contributed by atoms with van der Waals surface area (Å²) >= 11 is 0. The van der Waals surface area contributed by atoms with Crippen molar-refractivity contribution >= 4 is 0 Å². The summed E-state index contributed by atoms with van der Waals surface area (Å²) in [5.74, 6) is 1.90. The van der Waals surface area contributed by atoms with Crippen LogP contribution in [0, 0.1) is 11.8 Å². The molecule has 0 saturated carbocycles.